The highest BCUT2D eigenvalue weighted by Crippen LogP contribution is 2.32. The van der Waals surface area contributed by atoms with Crippen LogP contribution in [0.5, 0.6) is 0 Å². The maximum atomic E-state index is 12.3. The van der Waals surface area contributed by atoms with E-state index >= 15 is 0 Å². The zero-order chi connectivity index (χ0) is 21.9. The molecule has 0 unspecified atom stereocenters. The number of nitrogens with zero attached hydrogens (tertiary/aromatic N) is 2. The van der Waals surface area contributed by atoms with Gasteiger partial charge in [0.05, 0.1) is 22.6 Å². The van der Waals surface area contributed by atoms with Gasteiger partial charge in [-0.05, 0) is 57.0 Å². The molecule has 2 heterocycles. The van der Waals surface area contributed by atoms with Gasteiger partial charge in [0.25, 0.3) is 0 Å². The maximum absolute atomic E-state index is 12.3. The second-order valence-corrected chi connectivity index (χ2v) is 8.89. The molecule has 30 heavy (non-hydrogen) atoms. The van der Waals surface area contributed by atoms with E-state index in [1.165, 1.54) is 6.20 Å². The van der Waals surface area contributed by atoms with Crippen LogP contribution in [-0.2, 0) is 4.74 Å². The number of amides is 3. The molecule has 1 aromatic heterocycles. The van der Waals surface area contributed by atoms with E-state index in [4.69, 9.17) is 27.9 Å². The van der Waals surface area contributed by atoms with Gasteiger partial charge in [-0.2, -0.15) is 0 Å². The van der Waals surface area contributed by atoms with Crippen LogP contribution in [0.2, 0.25) is 10.2 Å². The van der Waals surface area contributed by atoms with Crippen LogP contribution in [0, 0.1) is 0 Å². The average molecular weight is 451 g/mol. The van der Waals surface area contributed by atoms with E-state index < -0.39 is 11.6 Å². The summed E-state index contributed by atoms with van der Waals surface area (Å²) >= 11 is 12.1. The first-order chi connectivity index (χ1) is 14.1. The minimum Gasteiger partial charge on any atom is -0.444 e. The van der Waals surface area contributed by atoms with Crippen LogP contribution < -0.4 is 10.6 Å². The Hall–Kier alpha value is -2.51. The van der Waals surface area contributed by atoms with Gasteiger partial charge >= 0.3 is 12.1 Å². The van der Waals surface area contributed by atoms with Crippen LogP contribution in [0.1, 0.15) is 38.7 Å². The fourth-order valence-electron chi connectivity index (χ4n) is 3.15. The van der Waals surface area contributed by atoms with Crippen molar-refractivity contribution in [1.29, 1.82) is 0 Å². The molecule has 1 fully saturated rings. The molecule has 3 amide bonds. The Balaban J connectivity index is 1.59. The monoisotopic (exact) mass is 450 g/mol. The number of carbonyl (C=O) groups is 2. The molecule has 1 aliphatic heterocycles. The van der Waals surface area contributed by atoms with Crippen LogP contribution in [-0.4, -0.2) is 40.7 Å². The van der Waals surface area contributed by atoms with Crippen molar-refractivity contribution in [3.05, 3.63) is 52.3 Å². The Kier molecular flexibility index (Phi) is 6.73. The van der Waals surface area contributed by atoms with Crippen molar-refractivity contribution in [3.63, 3.8) is 0 Å². The predicted octanol–water partition coefficient (Wildman–Crippen LogP) is 5.76. The van der Waals surface area contributed by atoms with Gasteiger partial charge in [0, 0.05) is 19.0 Å². The lowest BCUT2D eigenvalue weighted by Gasteiger charge is -2.24. The van der Waals surface area contributed by atoms with Gasteiger partial charge in [-0.25, -0.2) is 14.6 Å². The number of rotatable bonds is 3. The summed E-state index contributed by atoms with van der Waals surface area (Å²) < 4.78 is 5.44. The lowest BCUT2D eigenvalue weighted by atomic mass is 9.98. The molecular formula is C21H24Cl2N4O3. The molecule has 3 rings (SSSR count). The standard InChI is InChI=1S/C21H24Cl2N4O3/c1-21(2,3)30-20(29)27-9-8-14(12-27)13-4-6-17(16(22)10-13)26-19(28)25-15-5-7-18(23)24-11-15/h4-7,10-11,14H,8-9,12H2,1-3H3,(H2,25,26,28)/t14-/m1/s1. The molecule has 0 radical (unpaired) electrons. The summed E-state index contributed by atoms with van der Waals surface area (Å²) in [6.45, 7) is 6.76. The zero-order valence-corrected chi connectivity index (χ0v) is 18.5. The smallest absolute Gasteiger partial charge is 0.410 e. The molecule has 1 aromatic carbocycles. The zero-order valence-electron chi connectivity index (χ0n) is 17.0. The Morgan fingerprint density at radius 2 is 1.93 bits per heavy atom. The molecule has 1 atom stereocenters. The number of hydrogen-bond donors (Lipinski definition) is 2. The van der Waals surface area contributed by atoms with Crippen molar-refractivity contribution in [2.75, 3.05) is 23.7 Å². The van der Waals surface area contributed by atoms with Gasteiger partial charge < -0.3 is 20.3 Å². The van der Waals surface area contributed by atoms with Crippen LogP contribution in [0.3, 0.4) is 0 Å². The fourth-order valence-corrected chi connectivity index (χ4v) is 3.49. The third-order valence-corrected chi connectivity index (χ3v) is 5.07. The topological polar surface area (TPSA) is 83.6 Å². The predicted molar refractivity (Wildman–Crippen MR) is 119 cm³/mol. The highest BCUT2D eigenvalue weighted by atomic mass is 35.5. The summed E-state index contributed by atoms with van der Waals surface area (Å²) in [4.78, 5) is 30.1. The number of hydrogen-bond acceptors (Lipinski definition) is 4. The Labute approximate surface area is 185 Å². The minimum atomic E-state index is -0.519. The number of urea groups is 1. The molecule has 160 valence electrons. The number of ether oxygens (including phenoxy) is 1. The molecule has 0 saturated carbocycles. The Morgan fingerprint density at radius 1 is 1.17 bits per heavy atom. The van der Waals surface area contributed by atoms with Gasteiger partial charge in [-0.1, -0.05) is 29.3 Å². The van der Waals surface area contributed by atoms with Crippen LogP contribution in [0.4, 0.5) is 21.0 Å². The molecule has 1 saturated heterocycles. The van der Waals surface area contributed by atoms with Crippen molar-refractivity contribution >= 4 is 46.7 Å². The van der Waals surface area contributed by atoms with Crippen LogP contribution >= 0.6 is 23.2 Å². The maximum Gasteiger partial charge on any atom is 0.410 e. The Morgan fingerprint density at radius 3 is 2.57 bits per heavy atom. The van der Waals surface area contributed by atoms with E-state index in [9.17, 15) is 9.59 Å². The molecule has 0 bridgehead atoms. The molecule has 2 N–H and O–H groups in total. The van der Waals surface area contributed by atoms with E-state index in [2.05, 4.69) is 15.6 Å². The van der Waals surface area contributed by atoms with Crippen LogP contribution in [0.15, 0.2) is 36.5 Å². The minimum absolute atomic E-state index is 0.165. The van der Waals surface area contributed by atoms with E-state index in [1.54, 1.807) is 23.1 Å². The molecule has 7 nitrogen and oxygen atoms in total. The van der Waals surface area contributed by atoms with Crippen molar-refractivity contribution in [3.8, 4) is 0 Å². The average Bonchev–Trinajstić information content (AvgIpc) is 3.14. The van der Waals surface area contributed by atoms with Crippen molar-refractivity contribution < 1.29 is 14.3 Å². The third-order valence-electron chi connectivity index (χ3n) is 4.54. The number of likely N-dealkylation sites (tertiary alicyclic amines) is 1. The van der Waals surface area contributed by atoms with E-state index in [0.717, 1.165) is 12.0 Å². The molecule has 0 aliphatic carbocycles. The molecule has 9 heteroatoms. The summed E-state index contributed by atoms with van der Waals surface area (Å²) in [5.74, 6) is 0.165. The number of benzene rings is 1. The van der Waals surface area contributed by atoms with Crippen molar-refractivity contribution in [1.82, 2.24) is 9.88 Å². The van der Waals surface area contributed by atoms with Gasteiger partial charge in [-0.15, -0.1) is 0 Å². The first-order valence-corrected chi connectivity index (χ1v) is 10.3. The summed E-state index contributed by atoms with van der Waals surface area (Å²) in [5.41, 5.74) is 1.49. The first-order valence-electron chi connectivity index (χ1n) is 9.57. The Bertz CT molecular complexity index is 929. The number of nitrogens with one attached hydrogen (secondary N) is 2. The summed E-state index contributed by atoms with van der Waals surface area (Å²) in [6.07, 6.45) is 1.98. The van der Waals surface area contributed by atoms with Crippen molar-refractivity contribution in [2.45, 2.75) is 38.7 Å². The molecular weight excluding hydrogens is 427 g/mol. The number of halogens is 2. The van der Waals surface area contributed by atoms with E-state index in [-0.39, 0.29) is 12.0 Å². The highest BCUT2D eigenvalue weighted by molar-refractivity contribution is 6.34. The normalized spacial score (nSPS) is 16.3. The van der Waals surface area contributed by atoms with Crippen LogP contribution in [0.25, 0.3) is 0 Å². The third kappa shape index (κ3) is 6.00. The molecule has 2 aromatic rings. The lowest BCUT2D eigenvalue weighted by Crippen LogP contribution is -2.35. The fraction of sp³-hybridized carbons (Fsp3) is 0.381. The number of carbonyl (C=O) groups excluding carboxylic acids is 2. The summed E-state index contributed by atoms with van der Waals surface area (Å²) in [7, 11) is 0. The van der Waals surface area contributed by atoms with E-state index in [1.807, 2.05) is 32.9 Å². The quantitative estimate of drug-likeness (QED) is 0.582. The second kappa shape index (κ2) is 9.10. The largest absolute Gasteiger partial charge is 0.444 e. The summed E-state index contributed by atoms with van der Waals surface area (Å²) in [6, 6.07) is 8.29. The molecule has 1 aliphatic rings. The van der Waals surface area contributed by atoms with Gasteiger partial charge in [-0.3, -0.25) is 0 Å². The van der Waals surface area contributed by atoms with E-state index in [0.29, 0.717) is 34.6 Å². The lowest BCUT2D eigenvalue weighted by molar-refractivity contribution is 0.0292. The number of anilines is 2. The SMILES string of the molecule is CC(C)(C)OC(=O)N1CC[C@@H](c2ccc(NC(=O)Nc3ccc(Cl)nc3)c(Cl)c2)C1. The van der Waals surface area contributed by atoms with Gasteiger partial charge in [0.1, 0.15) is 10.8 Å². The molecule has 0 spiro atoms. The highest BCUT2D eigenvalue weighted by Gasteiger charge is 2.30. The number of aromatic nitrogens is 1. The van der Waals surface area contributed by atoms with Gasteiger partial charge in [0.15, 0.2) is 0 Å². The summed E-state index contributed by atoms with van der Waals surface area (Å²) in [5, 5.41) is 6.15. The van der Waals surface area contributed by atoms with Gasteiger partial charge in [0.2, 0.25) is 0 Å². The van der Waals surface area contributed by atoms with Crippen molar-refractivity contribution in [2.24, 2.45) is 0 Å². The number of pyridine rings is 1. The second-order valence-electron chi connectivity index (χ2n) is 8.10. The first kappa shape index (κ1) is 22.2.